The van der Waals surface area contributed by atoms with E-state index in [2.05, 4.69) is 5.32 Å². The maximum Gasteiger partial charge on any atom is 0.233 e. The molecule has 0 heterocycles. The molecule has 126 valence electrons. The zero-order valence-electron chi connectivity index (χ0n) is 13.6. The van der Waals surface area contributed by atoms with E-state index in [0.717, 1.165) is 18.4 Å². The second-order valence-electron chi connectivity index (χ2n) is 5.96. The van der Waals surface area contributed by atoms with Crippen LogP contribution >= 0.6 is 0 Å². The second kappa shape index (κ2) is 7.62. The van der Waals surface area contributed by atoms with Gasteiger partial charge in [0.15, 0.2) is 0 Å². The van der Waals surface area contributed by atoms with E-state index in [-0.39, 0.29) is 17.7 Å². The second-order valence-corrected chi connectivity index (χ2v) is 7.41. The molecule has 24 heavy (non-hydrogen) atoms. The topological polar surface area (TPSA) is 55.4 Å². The Kier molecular flexibility index (Phi) is 5.30. The van der Waals surface area contributed by atoms with Crippen molar-refractivity contribution in [3.63, 3.8) is 0 Å². The van der Waals surface area contributed by atoms with E-state index in [9.17, 15) is 9.00 Å². The molecule has 4 nitrogen and oxygen atoms in total. The third kappa shape index (κ3) is 4.23. The molecule has 1 saturated carbocycles. The standard InChI is InChI=1S/C19H21NO3S/c1-23-16-8-5-9-17(12-16)24(22)13-18(21)20-19(15-10-11-15)14-6-3-2-4-7-14/h2-9,12,15,19H,10-11,13H2,1H3,(H,20,21)/t19-,24-/m0/s1. The van der Waals surface area contributed by atoms with E-state index in [0.29, 0.717) is 16.6 Å². The summed E-state index contributed by atoms with van der Waals surface area (Å²) >= 11 is 0. The van der Waals surface area contributed by atoms with Crippen LogP contribution in [0.25, 0.3) is 0 Å². The highest BCUT2D eigenvalue weighted by molar-refractivity contribution is 7.85. The lowest BCUT2D eigenvalue weighted by Gasteiger charge is -2.18. The van der Waals surface area contributed by atoms with Crippen LogP contribution in [0.1, 0.15) is 24.4 Å². The molecule has 0 bridgehead atoms. The Bertz CT molecular complexity index is 728. The number of carbonyl (C=O) groups excluding carboxylic acids is 1. The summed E-state index contributed by atoms with van der Waals surface area (Å²) in [6, 6.07) is 17.0. The SMILES string of the molecule is COc1cccc([S@@](=O)CC(=O)N[C@@H](c2ccccc2)C2CC2)c1. The average Bonchev–Trinajstić information content (AvgIpc) is 3.45. The van der Waals surface area contributed by atoms with Gasteiger partial charge in [-0.1, -0.05) is 36.4 Å². The summed E-state index contributed by atoms with van der Waals surface area (Å²) in [6.07, 6.45) is 2.25. The molecule has 1 fully saturated rings. The van der Waals surface area contributed by atoms with Crippen molar-refractivity contribution in [2.75, 3.05) is 12.9 Å². The number of ether oxygens (including phenoxy) is 1. The van der Waals surface area contributed by atoms with Gasteiger partial charge < -0.3 is 10.1 Å². The van der Waals surface area contributed by atoms with E-state index in [4.69, 9.17) is 4.74 Å². The van der Waals surface area contributed by atoms with Gasteiger partial charge in [0.05, 0.1) is 24.0 Å². The Hall–Kier alpha value is -2.14. The van der Waals surface area contributed by atoms with Gasteiger partial charge >= 0.3 is 0 Å². The number of carbonyl (C=O) groups is 1. The fraction of sp³-hybridized carbons (Fsp3) is 0.316. The number of benzene rings is 2. The fourth-order valence-corrected chi connectivity index (χ4v) is 3.69. The summed E-state index contributed by atoms with van der Waals surface area (Å²) in [5, 5.41) is 3.06. The van der Waals surface area contributed by atoms with Crippen molar-refractivity contribution in [3.8, 4) is 5.75 Å². The Morgan fingerprint density at radius 3 is 2.62 bits per heavy atom. The van der Waals surface area contributed by atoms with Gasteiger partial charge in [-0.15, -0.1) is 0 Å². The minimum Gasteiger partial charge on any atom is -0.497 e. The molecule has 0 aromatic heterocycles. The monoisotopic (exact) mass is 343 g/mol. The van der Waals surface area contributed by atoms with Crippen molar-refractivity contribution in [2.45, 2.75) is 23.8 Å². The Balaban J connectivity index is 1.64. The van der Waals surface area contributed by atoms with Gasteiger partial charge in [0.1, 0.15) is 11.5 Å². The highest BCUT2D eigenvalue weighted by Gasteiger charge is 2.33. The van der Waals surface area contributed by atoms with Crippen LogP contribution in [0, 0.1) is 5.92 Å². The molecule has 1 aliphatic rings. The first kappa shape index (κ1) is 16.7. The van der Waals surface area contributed by atoms with Crippen LogP contribution in [-0.2, 0) is 15.6 Å². The van der Waals surface area contributed by atoms with Crippen LogP contribution in [0.5, 0.6) is 5.75 Å². The lowest BCUT2D eigenvalue weighted by molar-refractivity contribution is -0.119. The minimum absolute atomic E-state index is 0.0148. The van der Waals surface area contributed by atoms with Crippen LogP contribution in [-0.4, -0.2) is 23.0 Å². The zero-order chi connectivity index (χ0) is 16.9. The van der Waals surface area contributed by atoms with Gasteiger partial charge in [-0.25, -0.2) is 0 Å². The van der Waals surface area contributed by atoms with Gasteiger partial charge in [-0.2, -0.15) is 0 Å². The van der Waals surface area contributed by atoms with Crippen LogP contribution in [0.3, 0.4) is 0 Å². The van der Waals surface area contributed by atoms with Crippen LogP contribution in [0.2, 0.25) is 0 Å². The average molecular weight is 343 g/mol. The van der Waals surface area contributed by atoms with Crippen LogP contribution < -0.4 is 10.1 Å². The molecule has 1 amide bonds. The Morgan fingerprint density at radius 2 is 1.96 bits per heavy atom. The molecule has 2 atom stereocenters. The van der Waals surface area contributed by atoms with Crippen molar-refractivity contribution in [3.05, 3.63) is 60.2 Å². The largest absolute Gasteiger partial charge is 0.497 e. The van der Waals surface area contributed by atoms with E-state index < -0.39 is 10.8 Å². The van der Waals surface area contributed by atoms with Gasteiger partial charge in [-0.3, -0.25) is 9.00 Å². The minimum atomic E-state index is -1.38. The summed E-state index contributed by atoms with van der Waals surface area (Å²) in [6.45, 7) is 0. The third-order valence-electron chi connectivity index (χ3n) is 4.13. The summed E-state index contributed by atoms with van der Waals surface area (Å²) in [5.74, 6) is 0.906. The third-order valence-corrected chi connectivity index (χ3v) is 5.44. The molecule has 0 unspecified atom stereocenters. The number of hydrogen-bond acceptors (Lipinski definition) is 3. The Morgan fingerprint density at radius 1 is 1.21 bits per heavy atom. The van der Waals surface area contributed by atoms with E-state index in [1.807, 2.05) is 30.3 Å². The van der Waals surface area contributed by atoms with E-state index in [1.165, 1.54) is 0 Å². The smallest absolute Gasteiger partial charge is 0.233 e. The first-order chi connectivity index (χ1) is 11.7. The maximum atomic E-state index is 12.4. The fourth-order valence-electron chi connectivity index (χ4n) is 2.72. The normalized spacial score (nSPS) is 16.2. The first-order valence-corrected chi connectivity index (χ1v) is 9.36. The molecule has 0 saturated heterocycles. The molecule has 5 heteroatoms. The van der Waals surface area contributed by atoms with Gasteiger partial charge in [0, 0.05) is 4.90 Å². The van der Waals surface area contributed by atoms with Crippen molar-refractivity contribution >= 4 is 16.7 Å². The van der Waals surface area contributed by atoms with Crippen molar-refractivity contribution in [1.82, 2.24) is 5.32 Å². The molecular formula is C19H21NO3S. The molecule has 0 radical (unpaired) electrons. The lowest BCUT2D eigenvalue weighted by atomic mass is 10.0. The predicted octanol–water partition coefficient (Wildman–Crippen LogP) is 3.07. The van der Waals surface area contributed by atoms with Crippen molar-refractivity contribution < 1.29 is 13.7 Å². The van der Waals surface area contributed by atoms with Crippen molar-refractivity contribution in [1.29, 1.82) is 0 Å². The van der Waals surface area contributed by atoms with Crippen LogP contribution in [0.4, 0.5) is 0 Å². The van der Waals surface area contributed by atoms with E-state index >= 15 is 0 Å². The highest BCUT2D eigenvalue weighted by Crippen LogP contribution is 2.40. The number of amides is 1. The number of hydrogen-bond donors (Lipinski definition) is 1. The molecule has 0 spiro atoms. The van der Waals surface area contributed by atoms with E-state index in [1.54, 1.807) is 31.4 Å². The molecule has 2 aromatic rings. The van der Waals surface area contributed by atoms with Gasteiger partial charge in [0.2, 0.25) is 5.91 Å². The summed E-state index contributed by atoms with van der Waals surface area (Å²) in [5.41, 5.74) is 1.11. The number of rotatable bonds is 7. The molecule has 1 N–H and O–H groups in total. The highest BCUT2D eigenvalue weighted by atomic mass is 32.2. The molecule has 3 rings (SSSR count). The molecular weight excluding hydrogens is 322 g/mol. The van der Waals surface area contributed by atoms with Gasteiger partial charge in [0.25, 0.3) is 0 Å². The number of methoxy groups -OCH3 is 1. The maximum absolute atomic E-state index is 12.4. The zero-order valence-corrected chi connectivity index (χ0v) is 14.4. The number of nitrogens with one attached hydrogen (secondary N) is 1. The predicted molar refractivity (Wildman–Crippen MR) is 94.3 cm³/mol. The first-order valence-electron chi connectivity index (χ1n) is 8.04. The molecule has 2 aromatic carbocycles. The summed E-state index contributed by atoms with van der Waals surface area (Å²) in [7, 11) is 0.181. The van der Waals surface area contributed by atoms with Crippen molar-refractivity contribution in [2.24, 2.45) is 5.92 Å². The molecule has 0 aliphatic heterocycles. The molecule has 1 aliphatic carbocycles. The lowest BCUT2D eigenvalue weighted by Crippen LogP contribution is -2.33. The summed E-state index contributed by atoms with van der Waals surface area (Å²) < 4.78 is 17.6. The summed E-state index contributed by atoms with van der Waals surface area (Å²) in [4.78, 5) is 13.0. The Labute approximate surface area is 144 Å². The van der Waals surface area contributed by atoms with Gasteiger partial charge in [-0.05, 0) is 42.5 Å². The quantitative estimate of drug-likeness (QED) is 0.840. The van der Waals surface area contributed by atoms with Crippen LogP contribution in [0.15, 0.2) is 59.5 Å².